The van der Waals surface area contributed by atoms with Gasteiger partial charge >= 0.3 is 0 Å². The average molecular weight is 194 g/mol. The molecule has 2 aliphatic rings. The highest BCUT2D eigenvalue weighted by molar-refractivity contribution is 8.15. The molecule has 0 saturated heterocycles. The molecule has 0 bridgehead atoms. The van der Waals surface area contributed by atoms with Crippen molar-refractivity contribution in [3.05, 3.63) is 23.3 Å². The first-order valence-electron chi connectivity index (χ1n) is 3.66. The van der Waals surface area contributed by atoms with Gasteiger partial charge in [0.1, 0.15) is 10.6 Å². The minimum absolute atomic E-state index is 0.0301. The summed E-state index contributed by atoms with van der Waals surface area (Å²) in [5, 5.41) is 0.690. The van der Waals surface area contributed by atoms with Crippen LogP contribution < -0.4 is 5.73 Å². The fourth-order valence-electron chi connectivity index (χ4n) is 1.14. The molecule has 0 unspecified atom stereocenters. The molecular weight excluding hydrogens is 188 g/mol. The van der Waals surface area contributed by atoms with E-state index >= 15 is 0 Å². The number of allylic oxidation sites excluding steroid dienone is 1. The zero-order valence-electron chi connectivity index (χ0n) is 6.61. The molecule has 0 saturated carbocycles. The van der Waals surface area contributed by atoms with Gasteiger partial charge in [0.25, 0.3) is 11.8 Å². The van der Waals surface area contributed by atoms with Crippen LogP contribution in [0.25, 0.3) is 0 Å². The lowest BCUT2D eigenvalue weighted by atomic mass is 10.1. The summed E-state index contributed by atoms with van der Waals surface area (Å²) < 4.78 is 0. The molecule has 0 radical (unpaired) electrons. The van der Waals surface area contributed by atoms with Crippen LogP contribution in [0, 0.1) is 0 Å². The molecule has 4 nitrogen and oxygen atoms in total. The number of rotatable bonds is 1. The SMILES string of the molecule is NC(=O)C1=CC2=CCSC2=NC1=O. The molecule has 2 aliphatic heterocycles. The number of amides is 2. The van der Waals surface area contributed by atoms with E-state index in [2.05, 4.69) is 4.99 Å². The van der Waals surface area contributed by atoms with E-state index in [-0.39, 0.29) is 5.57 Å². The lowest BCUT2D eigenvalue weighted by Gasteiger charge is -2.06. The topological polar surface area (TPSA) is 72.5 Å². The molecule has 0 aromatic rings. The number of hydrogen-bond acceptors (Lipinski definition) is 3. The molecular formula is C8H6N2O2S. The number of dihydropyridines is 1. The third-order valence-corrected chi connectivity index (χ3v) is 2.70. The van der Waals surface area contributed by atoms with Crippen molar-refractivity contribution in [3.8, 4) is 0 Å². The summed E-state index contributed by atoms with van der Waals surface area (Å²) in [4.78, 5) is 25.7. The van der Waals surface area contributed by atoms with Crippen LogP contribution in [0.2, 0.25) is 0 Å². The molecule has 2 heterocycles. The van der Waals surface area contributed by atoms with E-state index < -0.39 is 11.8 Å². The van der Waals surface area contributed by atoms with E-state index in [1.165, 1.54) is 17.8 Å². The van der Waals surface area contributed by atoms with E-state index in [0.717, 1.165) is 11.3 Å². The van der Waals surface area contributed by atoms with Crippen LogP contribution in [0.1, 0.15) is 0 Å². The molecule has 66 valence electrons. The number of nitrogens with two attached hydrogens (primary N) is 1. The van der Waals surface area contributed by atoms with E-state index in [4.69, 9.17) is 5.73 Å². The van der Waals surface area contributed by atoms with Crippen LogP contribution in [0.15, 0.2) is 28.3 Å². The van der Waals surface area contributed by atoms with Crippen molar-refractivity contribution in [2.45, 2.75) is 0 Å². The monoisotopic (exact) mass is 194 g/mol. The highest BCUT2D eigenvalue weighted by Crippen LogP contribution is 2.26. The maximum Gasteiger partial charge on any atom is 0.283 e. The van der Waals surface area contributed by atoms with Crippen LogP contribution >= 0.6 is 11.8 Å². The Bertz CT molecular complexity index is 393. The molecule has 5 heteroatoms. The van der Waals surface area contributed by atoms with Crippen LogP contribution in [0.3, 0.4) is 0 Å². The Hall–Kier alpha value is -1.36. The predicted molar refractivity (Wildman–Crippen MR) is 50.3 cm³/mol. The average Bonchev–Trinajstić information content (AvgIpc) is 2.48. The van der Waals surface area contributed by atoms with Gasteiger partial charge in [-0.3, -0.25) is 9.59 Å². The third-order valence-electron chi connectivity index (χ3n) is 1.77. The highest BCUT2D eigenvalue weighted by atomic mass is 32.2. The van der Waals surface area contributed by atoms with Gasteiger partial charge in [-0.2, -0.15) is 0 Å². The summed E-state index contributed by atoms with van der Waals surface area (Å²) in [7, 11) is 0. The summed E-state index contributed by atoms with van der Waals surface area (Å²) in [5.41, 5.74) is 5.81. The van der Waals surface area contributed by atoms with Crippen molar-refractivity contribution in [1.82, 2.24) is 0 Å². The van der Waals surface area contributed by atoms with Gasteiger partial charge in [0.15, 0.2) is 0 Å². The third kappa shape index (κ3) is 1.31. The van der Waals surface area contributed by atoms with Gasteiger partial charge < -0.3 is 5.73 Å². The van der Waals surface area contributed by atoms with Crippen molar-refractivity contribution < 1.29 is 9.59 Å². The lowest BCUT2D eigenvalue weighted by Crippen LogP contribution is -2.23. The second-order valence-electron chi connectivity index (χ2n) is 2.61. The van der Waals surface area contributed by atoms with Crippen molar-refractivity contribution in [2.75, 3.05) is 5.75 Å². The smallest absolute Gasteiger partial charge is 0.283 e. The first-order chi connectivity index (χ1) is 6.18. The number of carbonyl (C=O) groups is 2. The predicted octanol–water partition coefficient (Wildman–Crippen LogP) is 0.0100. The molecule has 0 atom stereocenters. The van der Waals surface area contributed by atoms with Crippen molar-refractivity contribution in [3.63, 3.8) is 0 Å². The molecule has 0 aromatic carbocycles. The zero-order valence-corrected chi connectivity index (χ0v) is 7.43. The molecule has 0 fully saturated rings. The first-order valence-corrected chi connectivity index (χ1v) is 4.65. The summed E-state index contributed by atoms with van der Waals surface area (Å²) >= 11 is 1.48. The maximum absolute atomic E-state index is 11.2. The van der Waals surface area contributed by atoms with Crippen LogP contribution in [-0.4, -0.2) is 22.6 Å². The van der Waals surface area contributed by atoms with Gasteiger partial charge in [0.2, 0.25) is 0 Å². The molecule has 2 rings (SSSR count). The standard InChI is InChI=1S/C8H6N2O2S/c9-6(11)5-3-4-1-2-13-8(4)10-7(5)12/h1,3H,2H2,(H2,9,11). The van der Waals surface area contributed by atoms with Gasteiger partial charge in [-0.1, -0.05) is 6.08 Å². The summed E-state index contributed by atoms with van der Waals surface area (Å²) in [6, 6.07) is 0. The largest absolute Gasteiger partial charge is 0.365 e. The number of primary amides is 1. The van der Waals surface area contributed by atoms with E-state index in [1.54, 1.807) is 0 Å². The van der Waals surface area contributed by atoms with Crippen molar-refractivity contribution in [2.24, 2.45) is 10.7 Å². The number of nitrogens with zero attached hydrogens (tertiary/aromatic N) is 1. The van der Waals surface area contributed by atoms with Gasteiger partial charge in [0, 0.05) is 11.3 Å². The van der Waals surface area contributed by atoms with Gasteiger partial charge in [0.05, 0.1) is 0 Å². The number of thioether (sulfide) groups is 1. The number of hydrogen-bond donors (Lipinski definition) is 1. The second-order valence-corrected chi connectivity index (χ2v) is 3.62. The Morgan fingerprint density at radius 1 is 1.62 bits per heavy atom. The van der Waals surface area contributed by atoms with E-state index in [9.17, 15) is 9.59 Å². The Labute approximate surface area is 78.6 Å². The van der Waals surface area contributed by atoms with Gasteiger partial charge in [-0.15, -0.1) is 11.8 Å². The minimum Gasteiger partial charge on any atom is -0.365 e. The Morgan fingerprint density at radius 2 is 2.38 bits per heavy atom. The second kappa shape index (κ2) is 2.85. The van der Waals surface area contributed by atoms with Gasteiger partial charge in [-0.05, 0) is 6.08 Å². The zero-order chi connectivity index (χ0) is 9.42. The molecule has 0 aromatic heterocycles. The molecule has 2 N–H and O–H groups in total. The van der Waals surface area contributed by atoms with Gasteiger partial charge in [-0.25, -0.2) is 4.99 Å². The minimum atomic E-state index is -0.717. The molecule has 13 heavy (non-hydrogen) atoms. The normalized spacial score (nSPS) is 20.3. The van der Waals surface area contributed by atoms with Crippen molar-refractivity contribution >= 4 is 28.6 Å². The number of carbonyl (C=O) groups excluding carboxylic acids is 2. The van der Waals surface area contributed by atoms with Crippen LogP contribution in [-0.2, 0) is 9.59 Å². The van der Waals surface area contributed by atoms with E-state index in [0.29, 0.717) is 5.04 Å². The molecule has 0 spiro atoms. The summed E-state index contributed by atoms with van der Waals surface area (Å²) in [5.74, 6) is -0.455. The summed E-state index contributed by atoms with van der Waals surface area (Å²) in [6.07, 6.45) is 3.42. The maximum atomic E-state index is 11.2. The number of aliphatic imine (C=N–C) groups is 1. The highest BCUT2D eigenvalue weighted by Gasteiger charge is 2.25. The van der Waals surface area contributed by atoms with E-state index in [1.807, 2.05) is 6.08 Å². The fourth-order valence-corrected chi connectivity index (χ4v) is 2.02. The Kier molecular flexibility index (Phi) is 1.81. The molecule has 2 amide bonds. The lowest BCUT2D eigenvalue weighted by molar-refractivity contribution is -0.120. The van der Waals surface area contributed by atoms with Crippen LogP contribution in [0.5, 0.6) is 0 Å². The first kappa shape index (κ1) is 8.25. The van der Waals surface area contributed by atoms with Crippen molar-refractivity contribution in [1.29, 1.82) is 0 Å². The molecule has 0 aliphatic carbocycles. The van der Waals surface area contributed by atoms with Crippen LogP contribution in [0.4, 0.5) is 0 Å². The number of fused-ring (bicyclic) bond motifs is 1. The quantitative estimate of drug-likeness (QED) is 0.597. The Morgan fingerprint density at radius 3 is 3.08 bits per heavy atom. The Balaban J connectivity index is 2.44. The fraction of sp³-hybridized carbons (Fsp3) is 0.125. The summed E-state index contributed by atoms with van der Waals surface area (Å²) in [6.45, 7) is 0.